The van der Waals surface area contributed by atoms with Gasteiger partial charge < -0.3 is 10.2 Å². The van der Waals surface area contributed by atoms with Gasteiger partial charge in [-0.3, -0.25) is 4.99 Å². The van der Waals surface area contributed by atoms with Gasteiger partial charge in [0.2, 0.25) is 0 Å². The second-order valence-corrected chi connectivity index (χ2v) is 7.79. The van der Waals surface area contributed by atoms with E-state index in [2.05, 4.69) is 44.9 Å². The number of hydrogen-bond acceptors (Lipinski definition) is 3. The summed E-state index contributed by atoms with van der Waals surface area (Å²) in [5, 5.41) is 6.72. The van der Waals surface area contributed by atoms with Crippen molar-refractivity contribution >= 4 is 41.3 Å². The molecule has 1 aliphatic heterocycles. The van der Waals surface area contributed by atoms with Crippen molar-refractivity contribution in [2.24, 2.45) is 10.4 Å². The Morgan fingerprint density at radius 2 is 2.08 bits per heavy atom. The van der Waals surface area contributed by atoms with Gasteiger partial charge >= 0.3 is 0 Å². The van der Waals surface area contributed by atoms with Crippen LogP contribution in [-0.2, 0) is 6.54 Å². The van der Waals surface area contributed by atoms with Gasteiger partial charge in [0.15, 0.2) is 5.96 Å². The number of nitrogens with one attached hydrogen (secondary N) is 1. The minimum atomic E-state index is 0. The van der Waals surface area contributed by atoms with Crippen LogP contribution in [0, 0.1) is 5.41 Å². The largest absolute Gasteiger partial charge is 0.351 e. The summed E-state index contributed by atoms with van der Waals surface area (Å²) in [7, 11) is 1.88. The van der Waals surface area contributed by atoms with Gasteiger partial charge in [0.1, 0.15) is 5.01 Å². The van der Waals surface area contributed by atoms with Crippen molar-refractivity contribution in [1.29, 1.82) is 0 Å². The fourth-order valence-corrected chi connectivity index (χ4v) is 4.63. The van der Waals surface area contributed by atoms with Crippen LogP contribution in [0.5, 0.6) is 0 Å². The summed E-state index contributed by atoms with van der Waals surface area (Å²) >= 11 is 1.70. The Kier molecular flexibility index (Phi) is 5.99. The topological polar surface area (TPSA) is 40.5 Å². The van der Waals surface area contributed by atoms with Crippen molar-refractivity contribution in [3.8, 4) is 10.6 Å². The van der Waals surface area contributed by atoms with Crippen molar-refractivity contribution < 1.29 is 0 Å². The first-order valence-electron chi connectivity index (χ1n) is 8.73. The maximum absolute atomic E-state index is 4.75. The van der Waals surface area contributed by atoms with E-state index < -0.39 is 0 Å². The number of aliphatic imine (C=N–C) groups is 1. The first-order valence-corrected chi connectivity index (χ1v) is 9.61. The molecule has 2 aromatic rings. The summed E-state index contributed by atoms with van der Waals surface area (Å²) in [6.07, 6.45) is 5.52. The van der Waals surface area contributed by atoms with Gasteiger partial charge in [-0.05, 0) is 24.7 Å². The third kappa shape index (κ3) is 4.00. The smallest absolute Gasteiger partial charge is 0.193 e. The zero-order chi connectivity index (χ0) is 16.4. The molecule has 1 aliphatic carbocycles. The lowest BCUT2D eigenvalue weighted by Gasteiger charge is -2.38. The Bertz CT molecular complexity index is 724. The molecule has 0 bridgehead atoms. The molecular weight excluding hydrogens is 443 g/mol. The molecule has 6 heteroatoms. The first-order chi connectivity index (χ1) is 11.8. The Morgan fingerprint density at radius 3 is 2.72 bits per heavy atom. The molecule has 0 amide bonds. The number of thiazole rings is 1. The highest BCUT2D eigenvalue weighted by Gasteiger charge is 2.43. The van der Waals surface area contributed by atoms with Gasteiger partial charge in [-0.1, -0.05) is 36.8 Å². The average Bonchev–Trinajstić information content (AvgIpc) is 3.23. The van der Waals surface area contributed by atoms with Crippen LogP contribution in [0.4, 0.5) is 0 Å². The predicted octanol–water partition coefficient (Wildman–Crippen LogP) is 4.38. The van der Waals surface area contributed by atoms with E-state index in [-0.39, 0.29) is 24.0 Å². The molecule has 1 N–H and O–H groups in total. The number of aromatic nitrogens is 1. The van der Waals surface area contributed by atoms with Crippen LogP contribution in [0.15, 0.2) is 40.7 Å². The summed E-state index contributed by atoms with van der Waals surface area (Å²) in [4.78, 5) is 11.7. The van der Waals surface area contributed by atoms with Gasteiger partial charge in [0.05, 0.1) is 12.2 Å². The van der Waals surface area contributed by atoms with E-state index in [0.29, 0.717) is 5.41 Å². The van der Waals surface area contributed by atoms with E-state index in [0.717, 1.165) is 29.8 Å². The van der Waals surface area contributed by atoms with Crippen molar-refractivity contribution in [2.45, 2.75) is 32.2 Å². The number of hydrogen-bond donors (Lipinski definition) is 1. The third-order valence-corrected chi connectivity index (χ3v) is 6.30. The van der Waals surface area contributed by atoms with E-state index in [9.17, 15) is 0 Å². The average molecular weight is 468 g/mol. The number of nitrogens with zero attached hydrogens (tertiary/aromatic N) is 3. The SMILES string of the molecule is CN=C(NCc1csc(-c2ccccc2)n1)N1CCC2(CCC2)C1.I. The Balaban J connectivity index is 0.00000182. The Morgan fingerprint density at radius 1 is 1.28 bits per heavy atom. The monoisotopic (exact) mass is 468 g/mol. The minimum absolute atomic E-state index is 0. The summed E-state index contributed by atoms with van der Waals surface area (Å²) in [5.41, 5.74) is 2.86. The molecule has 2 heterocycles. The van der Waals surface area contributed by atoms with E-state index in [4.69, 9.17) is 4.98 Å². The second kappa shape index (κ2) is 8.03. The predicted molar refractivity (Wildman–Crippen MR) is 116 cm³/mol. The zero-order valence-corrected chi connectivity index (χ0v) is 17.7. The molecule has 134 valence electrons. The molecule has 2 fully saturated rings. The molecular formula is C19H25IN4S. The van der Waals surface area contributed by atoms with Gasteiger partial charge in [-0.25, -0.2) is 4.98 Å². The van der Waals surface area contributed by atoms with E-state index >= 15 is 0 Å². The first kappa shape index (κ1) is 18.6. The van der Waals surface area contributed by atoms with Crippen LogP contribution in [0.25, 0.3) is 10.6 Å². The highest BCUT2D eigenvalue weighted by Crippen LogP contribution is 2.47. The van der Waals surface area contributed by atoms with Crippen LogP contribution in [0.3, 0.4) is 0 Å². The summed E-state index contributed by atoms with van der Waals surface area (Å²) < 4.78 is 0. The number of rotatable bonds is 3. The van der Waals surface area contributed by atoms with Gasteiger partial charge in [0, 0.05) is 31.1 Å². The van der Waals surface area contributed by atoms with Crippen molar-refractivity contribution in [2.75, 3.05) is 20.1 Å². The fourth-order valence-electron chi connectivity index (χ4n) is 3.80. The molecule has 1 saturated carbocycles. The Hall–Kier alpha value is -1.15. The number of halogens is 1. The molecule has 1 spiro atoms. The van der Waals surface area contributed by atoms with E-state index in [1.54, 1.807) is 11.3 Å². The van der Waals surface area contributed by atoms with Crippen LogP contribution < -0.4 is 5.32 Å². The number of benzene rings is 1. The molecule has 0 unspecified atom stereocenters. The van der Waals surface area contributed by atoms with Crippen LogP contribution in [0.2, 0.25) is 0 Å². The van der Waals surface area contributed by atoms with E-state index in [1.165, 1.54) is 37.8 Å². The van der Waals surface area contributed by atoms with Gasteiger partial charge in [0.25, 0.3) is 0 Å². The Labute approximate surface area is 170 Å². The highest BCUT2D eigenvalue weighted by atomic mass is 127. The van der Waals surface area contributed by atoms with Crippen LogP contribution in [0.1, 0.15) is 31.4 Å². The van der Waals surface area contributed by atoms with Crippen LogP contribution in [-0.4, -0.2) is 36.0 Å². The zero-order valence-electron chi connectivity index (χ0n) is 14.6. The third-order valence-electron chi connectivity index (χ3n) is 5.36. The number of likely N-dealkylation sites (tertiary alicyclic amines) is 1. The molecule has 1 saturated heterocycles. The second-order valence-electron chi connectivity index (χ2n) is 6.94. The summed E-state index contributed by atoms with van der Waals surface area (Å²) in [5.74, 6) is 1.02. The van der Waals surface area contributed by atoms with E-state index in [1.807, 2.05) is 13.1 Å². The molecule has 25 heavy (non-hydrogen) atoms. The van der Waals surface area contributed by atoms with Crippen molar-refractivity contribution in [3.05, 3.63) is 41.4 Å². The van der Waals surface area contributed by atoms with Gasteiger partial charge in [-0.2, -0.15) is 0 Å². The molecule has 0 atom stereocenters. The lowest BCUT2D eigenvalue weighted by molar-refractivity contribution is 0.151. The van der Waals surface area contributed by atoms with Crippen molar-refractivity contribution in [1.82, 2.24) is 15.2 Å². The number of guanidine groups is 1. The maximum atomic E-state index is 4.75. The molecule has 4 rings (SSSR count). The lowest BCUT2D eigenvalue weighted by Crippen LogP contribution is -2.42. The standard InChI is InChI=1S/C19H24N4S.HI/c1-20-18(23-11-10-19(14-23)8-5-9-19)21-12-16-13-24-17(22-16)15-6-3-2-4-7-15;/h2-4,6-7,13H,5,8-12,14H2,1H3,(H,20,21);1H. The fraction of sp³-hybridized carbons (Fsp3) is 0.474. The molecule has 1 aromatic carbocycles. The normalized spacial score (nSPS) is 18.8. The lowest BCUT2D eigenvalue weighted by atomic mass is 9.68. The minimum Gasteiger partial charge on any atom is -0.351 e. The summed E-state index contributed by atoms with van der Waals surface area (Å²) in [6, 6.07) is 10.4. The molecule has 4 nitrogen and oxygen atoms in total. The molecule has 0 radical (unpaired) electrons. The maximum Gasteiger partial charge on any atom is 0.193 e. The van der Waals surface area contributed by atoms with Crippen molar-refractivity contribution in [3.63, 3.8) is 0 Å². The molecule has 2 aliphatic rings. The summed E-state index contributed by atoms with van der Waals surface area (Å²) in [6.45, 7) is 3.03. The van der Waals surface area contributed by atoms with Crippen LogP contribution >= 0.6 is 35.3 Å². The molecule has 1 aromatic heterocycles. The van der Waals surface area contributed by atoms with Gasteiger partial charge in [-0.15, -0.1) is 35.3 Å². The quantitative estimate of drug-likeness (QED) is 0.413. The highest BCUT2D eigenvalue weighted by molar-refractivity contribution is 14.0.